The maximum Gasteiger partial charge on any atom is 0.158 e. The molecule has 0 atom stereocenters. The van der Waals surface area contributed by atoms with Gasteiger partial charge in [0.15, 0.2) is 5.78 Å². The van der Waals surface area contributed by atoms with Gasteiger partial charge in [-0.15, -0.1) is 0 Å². The molecule has 0 bridgehead atoms. The van der Waals surface area contributed by atoms with Crippen LogP contribution in [0.5, 0.6) is 0 Å². The second-order valence-electron chi connectivity index (χ2n) is 2.42. The molecule has 0 heterocycles. The molecule has 0 amide bonds. The largest absolute Gasteiger partial charge is 0.374 e. The van der Waals surface area contributed by atoms with Gasteiger partial charge in [-0.05, 0) is 26.3 Å². The minimum Gasteiger partial charge on any atom is -0.374 e. The number of Topliss-reactive ketones (excluding diaryl/α,β-unsaturated/α-hetero) is 1. The summed E-state index contributed by atoms with van der Waals surface area (Å²) in [5.41, 5.74) is 5.27. The van der Waals surface area contributed by atoms with Gasteiger partial charge in [0.25, 0.3) is 0 Å². The fourth-order valence-corrected chi connectivity index (χ4v) is 0.755. The maximum absolute atomic E-state index is 10.9. The number of unbranched alkanes of at least 4 members (excludes halogenated alkanes) is 1. The van der Waals surface area contributed by atoms with Crippen molar-refractivity contribution in [3.63, 3.8) is 0 Å². The molecule has 11 heavy (non-hydrogen) atoms. The molecular weight excluding hydrogens is 142 g/mol. The van der Waals surface area contributed by atoms with Crippen LogP contribution in [-0.4, -0.2) is 25.5 Å². The molecule has 2 N–H and O–H groups in total. The number of nitrogens with two attached hydrogens (primary N) is 1. The summed E-state index contributed by atoms with van der Waals surface area (Å²) in [6.45, 7) is 3.43. The first-order chi connectivity index (χ1) is 5.31. The molecule has 0 aliphatic heterocycles. The highest BCUT2D eigenvalue weighted by molar-refractivity contribution is 5.79. The number of hydrogen-bond donors (Lipinski definition) is 1. The number of carbonyl (C=O) groups excluding carboxylic acids is 1. The molecule has 0 aromatic rings. The lowest BCUT2D eigenvalue weighted by Gasteiger charge is -1.99. The third-order valence-corrected chi connectivity index (χ3v) is 1.38. The Morgan fingerprint density at radius 1 is 1.45 bits per heavy atom. The van der Waals surface area contributed by atoms with Crippen molar-refractivity contribution in [3.8, 4) is 0 Å². The second kappa shape index (κ2) is 7.69. The van der Waals surface area contributed by atoms with E-state index in [4.69, 9.17) is 10.5 Å². The Morgan fingerprint density at radius 2 is 2.18 bits per heavy atom. The van der Waals surface area contributed by atoms with E-state index in [1.54, 1.807) is 0 Å². The van der Waals surface area contributed by atoms with Crippen LogP contribution in [0.1, 0.15) is 26.2 Å². The van der Waals surface area contributed by atoms with E-state index < -0.39 is 0 Å². The molecule has 0 aliphatic rings. The van der Waals surface area contributed by atoms with E-state index in [0.29, 0.717) is 19.6 Å². The summed E-state index contributed by atoms with van der Waals surface area (Å²) in [6, 6.07) is 0. The van der Waals surface area contributed by atoms with Crippen LogP contribution in [0.2, 0.25) is 0 Å². The highest BCUT2D eigenvalue weighted by Crippen LogP contribution is 1.94. The molecule has 0 fully saturated rings. The number of ether oxygens (including phenoxy) is 1. The Balaban J connectivity index is 3.09. The molecule has 0 rings (SSSR count). The van der Waals surface area contributed by atoms with Gasteiger partial charge in [-0.25, -0.2) is 0 Å². The van der Waals surface area contributed by atoms with Gasteiger partial charge in [-0.1, -0.05) is 0 Å². The van der Waals surface area contributed by atoms with Crippen LogP contribution in [0, 0.1) is 0 Å². The summed E-state index contributed by atoms with van der Waals surface area (Å²) in [6.07, 6.45) is 2.43. The lowest BCUT2D eigenvalue weighted by atomic mass is 10.2. The van der Waals surface area contributed by atoms with Crippen LogP contribution >= 0.6 is 0 Å². The standard InChI is InChI=1S/C8H17NO2/c1-2-11-7-8(10)5-3-4-6-9/h2-7,9H2,1H3. The Labute approximate surface area is 67.9 Å². The van der Waals surface area contributed by atoms with Crippen molar-refractivity contribution in [1.82, 2.24) is 0 Å². The van der Waals surface area contributed by atoms with Gasteiger partial charge in [0.1, 0.15) is 6.61 Å². The van der Waals surface area contributed by atoms with E-state index in [9.17, 15) is 4.79 Å². The highest BCUT2D eigenvalue weighted by atomic mass is 16.5. The summed E-state index contributed by atoms with van der Waals surface area (Å²) in [5, 5.41) is 0. The lowest BCUT2D eigenvalue weighted by Crippen LogP contribution is -2.09. The normalized spacial score (nSPS) is 10.0. The van der Waals surface area contributed by atoms with E-state index in [0.717, 1.165) is 12.8 Å². The number of rotatable bonds is 7. The first-order valence-corrected chi connectivity index (χ1v) is 4.10. The zero-order chi connectivity index (χ0) is 8.53. The summed E-state index contributed by atoms with van der Waals surface area (Å²) in [4.78, 5) is 10.9. The summed E-state index contributed by atoms with van der Waals surface area (Å²) in [7, 11) is 0. The molecular formula is C8H17NO2. The monoisotopic (exact) mass is 159 g/mol. The average Bonchev–Trinajstić information content (AvgIpc) is 2.01. The summed E-state index contributed by atoms with van der Waals surface area (Å²) < 4.78 is 4.95. The quantitative estimate of drug-likeness (QED) is 0.557. The van der Waals surface area contributed by atoms with Gasteiger partial charge < -0.3 is 10.5 Å². The van der Waals surface area contributed by atoms with E-state index in [-0.39, 0.29) is 12.4 Å². The van der Waals surface area contributed by atoms with Gasteiger partial charge in [0.2, 0.25) is 0 Å². The molecule has 3 heteroatoms. The van der Waals surface area contributed by atoms with Crippen LogP contribution in [0.4, 0.5) is 0 Å². The zero-order valence-electron chi connectivity index (χ0n) is 7.14. The van der Waals surface area contributed by atoms with Crippen molar-refractivity contribution in [2.75, 3.05) is 19.8 Å². The Morgan fingerprint density at radius 3 is 2.73 bits per heavy atom. The Hall–Kier alpha value is -0.410. The van der Waals surface area contributed by atoms with Gasteiger partial charge in [0.05, 0.1) is 0 Å². The predicted molar refractivity (Wildman–Crippen MR) is 44.4 cm³/mol. The molecule has 0 aromatic carbocycles. The van der Waals surface area contributed by atoms with E-state index in [1.165, 1.54) is 0 Å². The molecule has 0 unspecified atom stereocenters. The predicted octanol–water partition coefficient (Wildman–Crippen LogP) is 0.721. The van der Waals surface area contributed by atoms with Crippen LogP contribution < -0.4 is 5.73 Å². The van der Waals surface area contributed by atoms with Gasteiger partial charge in [-0.3, -0.25) is 4.79 Å². The minimum absolute atomic E-state index is 0.181. The smallest absolute Gasteiger partial charge is 0.158 e. The van der Waals surface area contributed by atoms with Crippen LogP contribution in [-0.2, 0) is 9.53 Å². The molecule has 0 saturated carbocycles. The van der Waals surface area contributed by atoms with Gasteiger partial charge in [0, 0.05) is 13.0 Å². The van der Waals surface area contributed by atoms with Gasteiger partial charge >= 0.3 is 0 Å². The Bertz CT molecular complexity index is 104. The van der Waals surface area contributed by atoms with Crippen LogP contribution in [0.25, 0.3) is 0 Å². The van der Waals surface area contributed by atoms with E-state index in [2.05, 4.69) is 0 Å². The third kappa shape index (κ3) is 7.49. The van der Waals surface area contributed by atoms with Gasteiger partial charge in [-0.2, -0.15) is 0 Å². The van der Waals surface area contributed by atoms with Crippen LogP contribution in [0.3, 0.4) is 0 Å². The molecule has 66 valence electrons. The van der Waals surface area contributed by atoms with Crippen molar-refractivity contribution in [2.24, 2.45) is 5.73 Å². The van der Waals surface area contributed by atoms with E-state index >= 15 is 0 Å². The van der Waals surface area contributed by atoms with Crippen molar-refractivity contribution in [3.05, 3.63) is 0 Å². The van der Waals surface area contributed by atoms with Crippen molar-refractivity contribution >= 4 is 5.78 Å². The molecule has 0 spiro atoms. The SMILES string of the molecule is CCOCC(=O)CCCCN. The summed E-state index contributed by atoms with van der Waals surface area (Å²) in [5.74, 6) is 0.181. The maximum atomic E-state index is 10.9. The number of carbonyl (C=O) groups is 1. The minimum atomic E-state index is 0.181. The Kier molecular flexibility index (Phi) is 7.41. The second-order valence-corrected chi connectivity index (χ2v) is 2.42. The molecule has 0 radical (unpaired) electrons. The molecule has 0 aromatic heterocycles. The van der Waals surface area contributed by atoms with Crippen molar-refractivity contribution < 1.29 is 9.53 Å². The molecule has 0 aliphatic carbocycles. The third-order valence-electron chi connectivity index (χ3n) is 1.38. The average molecular weight is 159 g/mol. The fraction of sp³-hybridized carbons (Fsp3) is 0.875. The highest BCUT2D eigenvalue weighted by Gasteiger charge is 1.99. The molecule has 0 saturated heterocycles. The van der Waals surface area contributed by atoms with Crippen molar-refractivity contribution in [1.29, 1.82) is 0 Å². The summed E-state index contributed by atoms with van der Waals surface area (Å²) >= 11 is 0. The van der Waals surface area contributed by atoms with E-state index in [1.807, 2.05) is 6.92 Å². The van der Waals surface area contributed by atoms with Crippen LogP contribution in [0.15, 0.2) is 0 Å². The topological polar surface area (TPSA) is 52.3 Å². The fourth-order valence-electron chi connectivity index (χ4n) is 0.755. The molecule has 3 nitrogen and oxygen atoms in total. The first kappa shape index (κ1) is 10.6. The number of ketones is 1. The lowest BCUT2D eigenvalue weighted by molar-refractivity contribution is -0.123. The van der Waals surface area contributed by atoms with Crippen molar-refractivity contribution in [2.45, 2.75) is 26.2 Å². The first-order valence-electron chi connectivity index (χ1n) is 4.10. The zero-order valence-corrected chi connectivity index (χ0v) is 7.14. The number of hydrogen-bond acceptors (Lipinski definition) is 3.